The van der Waals surface area contributed by atoms with Gasteiger partial charge in [0, 0.05) is 25.7 Å². The first-order valence-corrected chi connectivity index (χ1v) is 7.03. The van der Waals surface area contributed by atoms with E-state index in [1.54, 1.807) is 6.92 Å². The predicted octanol–water partition coefficient (Wildman–Crippen LogP) is 1.17. The van der Waals surface area contributed by atoms with E-state index >= 15 is 0 Å². The van der Waals surface area contributed by atoms with E-state index in [9.17, 15) is 9.18 Å². The Labute approximate surface area is 119 Å². The van der Waals surface area contributed by atoms with E-state index in [-0.39, 0.29) is 11.7 Å². The highest BCUT2D eigenvalue weighted by Crippen LogP contribution is 2.12. The van der Waals surface area contributed by atoms with Crippen LogP contribution < -0.4 is 11.1 Å². The lowest BCUT2D eigenvalue weighted by atomic mass is 10.0. The smallest absolute Gasteiger partial charge is 0.231 e. The van der Waals surface area contributed by atoms with Crippen LogP contribution in [0.5, 0.6) is 0 Å². The molecule has 0 bridgehead atoms. The number of carbonyl (C=O) groups is 1. The van der Waals surface area contributed by atoms with E-state index in [0.29, 0.717) is 18.2 Å². The van der Waals surface area contributed by atoms with Gasteiger partial charge < -0.3 is 11.1 Å². The Morgan fingerprint density at radius 2 is 2.15 bits per heavy atom. The highest BCUT2D eigenvalue weighted by Gasteiger charge is 2.19. The first-order valence-electron chi connectivity index (χ1n) is 7.03. The molecule has 1 heterocycles. The monoisotopic (exact) mass is 279 g/mol. The van der Waals surface area contributed by atoms with Crippen molar-refractivity contribution in [2.45, 2.75) is 32.4 Å². The van der Waals surface area contributed by atoms with E-state index in [4.69, 9.17) is 5.73 Å². The number of benzene rings is 1. The number of likely N-dealkylation sites (tertiary alicyclic amines) is 1. The fraction of sp³-hybridized carbons (Fsp3) is 0.533. The number of rotatable bonds is 5. The first kappa shape index (κ1) is 14.9. The van der Waals surface area contributed by atoms with Gasteiger partial charge in [-0.25, -0.2) is 4.39 Å². The molecule has 0 unspecified atom stereocenters. The molecule has 1 aromatic rings. The molecular formula is C15H22FN3O. The fourth-order valence-electron chi connectivity index (χ4n) is 2.59. The Morgan fingerprint density at radius 1 is 1.45 bits per heavy atom. The molecule has 5 heteroatoms. The second kappa shape index (κ2) is 6.81. The van der Waals surface area contributed by atoms with Gasteiger partial charge in [0.2, 0.25) is 5.91 Å². The number of amides is 1. The van der Waals surface area contributed by atoms with E-state index in [2.05, 4.69) is 10.2 Å². The second-order valence-corrected chi connectivity index (χ2v) is 5.48. The van der Waals surface area contributed by atoms with Crippen LogP contribution in [0.4, 0.5) is 4.39 Å². The third-order valence-corrected chi connectivity index (χ3v) is 3.78. The van der Waals surface area contributed by atoms with Gasteiger partial charge in [0.15, 0.2) is 0 Å². The number of carbonyl (C=O) groups excluding carboxylic acids is 1. The molecule has 110 valence electrons. The lowest BCUT2D eigenvalue weighted by molar-refractivity contribution is -0.119. The number of aryl methyl sites for hydroxylation is 1. The third-order valence-electron chi connectivity index (χ3n) is 3.78. The van der Waals surface area contributed by atoms with Crippen molar-refractivity contribution in [3.63, 3.8) is 0 Å². The Balaban J connectivity index is 1.75. The molecule has 2 rings (SSSR count). The summed E-state index contributed by atoms with van der Waals surface area (Å²) in [5, 5.41) is 3.49. The second-order valence-electron chi connectivity index (χ2n) is 5.48. The molecule has 1 amide bonds. The van der Waals surface area contributed by atoms with Crippen molar-refractivity contribution in [3.05, 3.63) is 35.1 Å². The molecular weight excluding hydrogens is 257 g/mol. The van der Waals surface area contributed by atoms with Gasteiger partial charge in [-0.15, -0.1) is 0 Å². The minimum Gasteiger partial charge on any atom is -0.369 e. The van der Waals surface area contributed by atoms with Crippen LogP contribution in [-0.4, -0.2) is 36.5 Å². The molecule has 0 aromatic heterocycles. The summed E-state index contributed by atoms with van der Waals surface area (Å²) in [5.41, 5.74) is 6.97. The van der Waals surface area contributed by atoms with Crippen LogP contribution in [0.25, 0.3) is 0 Å². The van der Waals surface area contributed by atoms with Crippen molar-refractivity contribution in [1.82, 2.24) is 10.2 Å². The van der Waals surface area contributed by atoms with E-state index in [1.807, 2.05) is 12.1 Å². The number of hydrogen-bond donors (Lipinski definition) is 2. The van der Waals surface area contributed by atoms with Crippen molar-refractivity contribution < 1.29 is 9.18 Å². The van der Waals surface area contributed by atoms with Crippen molar-refractivity contribution in [2.75, 3.05) is 19.6 Å². The highest BCUT2D eigenvalue weighted by atomic mass is 19.1. The van der Waals surface area contributed by atoms with Crippen LogP contribution in [0.15, 0.2) is 18.2 Å². The minimum atomic E-state index is -0.266. The van der Waals surface area contributed by atoms with Gasteiger partial charge in [-0.1, -0.05) is 12.1 Å². The molecule has 0 spiro atoms. The Hall–Kier alpha value is -1.46. The molecule has 1 saturated heterocycles. The van der Waals surface area contributed by atoms with Gasteiger partial charge in [-0.3, -0.25) is 9.69 Å². The summed E-state index contributed by atoms with van der Waals surface area (Å²) in [7, 11) is 0. The lowest BCUT2D eigenvalue weighted by Gasteiger charge is -2.31. The molecule has 0 atom stereocenters. The molecule has 0 saturated carbocycles. The number of piperidine rings is 1. The van der Waals surface area contributed by atoms with Crippen molar-refractivity contribution in [2.24, 2.45) is 5.73 Å². The summed E-state index contributed by atoms with van der Waals surface area (Å²) in [6.45, 7) is 4.67. The fourth-order valence-corrected chi connectivity index (χ4v) is 2.59. The number of nitrogens with one attached hydrogen (secondary N) is 1. The van der Waals surface area contributed by atoms with E-state index in [1.165, 1.54) is 6.07 Å². The Kier molecular flexibility index (Phi) is 5.09. The summed E-state index contributed by atoms with van der Waals surface area (Å²) in [4.78, 5) is 12.9. The maximum atomic E-state index is 13.2. The van der Waals surface area contributed by atoms with Crippen molar-refractivity contribution >= 4 is 5.91 Å². The summed E-state index contributed by atoms with van der Waals surface area (Å²) >= 11 is 0. The SMILES string of the molecule is Cc1cc(CNC2CCN(CC(N)=O)CC2)ccc1F. The zero-order valence-electron chi connectivity index (χ0n) is 11.9. The number of nitrogens with two attached hydrogens (primary N) is 1. The van der Waals surface area contributed by atoms with Gasteiger partial charge in [0.25, 0.3) is 0 Å². The molecule has 3 N–H and O–H groups in total. The van der Waals surface area contributed by atoms with Gasteiger partial charge in [-0.2, -0.15) is 0 Å². The standard InChI is InChI=1S/C15H22FN3O/c1-11-8-12(2-3-14(11)16)9-18-13-4-6-19(7-5-13)10-15(17)20/h2-3,8,13,18H,4-7,9-10H2,1H3,(H2,17,20). The van der Waals surface area contributed by atoms with Gasteiger partial charge in [0.1, 0.15) is 5.82 Å². The van der Waals surface area contributed by atoms with Crippen LogP contribution in [0.1, 0.15) is 24.0 Å². The molecule has 0 aliphatic carbocycles. The average Bonchev–Trinajstić information content (AvgIpc) is 2.41. The number of nitrogens with zero attached hydrogens (tertiary/aromatic N) is 1. The number of primary amides is 1. The summed E-state index contributed by atoms with van der Waals surface area (Å²) < 4.78 is 13.2. The zero-order chi connectivity index (χ0) is 14.5. The summed E-state index contributed by atoms with van der Waals surface area (Å²) in [6, 6.07) is 5.66. The third kappa shape index (κ3) is 4.28. The molecule has 1 fully saturated rings. The molecule has 20 heavy (non-hydrogen) atoms. The minimum absolute atomic E-state index is 0.159. The van der Waals surface area contributed by atoms with Gasteiger partial charge in [-0.05, 0) is 37.0 Å². The molecule has 0 radical (unpaired) electrons. The predicted molar refractivity (Wildman–Crippen MR) is 76.6 cm³/mol. The average molecular weight is 279 g/mol. The lowest BCUT2D eigenvalue weighted by Crippen LogP contribution is -2.45. The summed E-state index contributed by atoms with van der Waals surface area (Å²) in [6.07, 6.45) is 2.01. The zero-order valence-corrected chi connectivity index (χ0v) is 11.9. The summed E-state index contributed by atoms with van der Waals surface area (Å²) in [5.74, 6) is -0.424. The topological polar surface area (TPSA) is 58.4 Å². The molecule has 1 aromatic carbocycles. The highest BCUT2D eigenvalue weighted by molar-refractivity contribution is 5.75. The quantitative estimate of drug-likeness (QED) is 0.851. The van der Waals surface area contributed by atoms with Crippen molar-refractivity contribution in [3.8, 4) is 0 Å². The first-order chi connectivity index (χ1) is 9.54. The Bertz CT molecular complexity index is 470. The van der Waals surface area contributed by atoms with Crippen LogP contribution in [0, 0.1) is 12.7 Å². The van der Waals surface area contributed by atoms with Crippen LogP contribution in [0.3, 0.4) is 0 Å². The van der Waals surface area contributed by atoms with Crippen LogP contribution in [0.2, 0.25) is 0 Å². The van der Waals surface area contributed by atoms with Gasteiger partial charge >= 0.3 is 0 Å². The normalized spacial score (nSPS) is 17.3. The number of halogens is 1. The Morgan fingerprint density at radius 3 is 2.75 bits per heavy atom. The van der Waals surface area contributed by atoms with Crippen molar-refractivity contribution in [1.29, 1.82) is 0 Å². The van der Waals surface area contributed by atoms with E-state index in [0.717, 1.165) is 38.0 Å². The number of hydrogen-bond acceptors (Lipinski definition) is 3. The van der Waals surface area contributed by atoms with Gasteiger partial charge in [0.05, 0.1) is 6.54 Å². The molecule has 4 nitrogen and oxygen atoms in total. The molecule has 1 aliphatic rings. The maximum Gasteiger partial charge on any atom is 0.231 e. The van der Waals surface area contributed by atoms with Crippen LogP contribution >= 0.6 is 0 Å². The van der Waals surface area contributed by atoms with Crippen LogP contribution in [-0.2, 0) is 11.3 Å². The van der Waals surface area contributed by atoms with E-state index < -0.39 is 0 Å². The molecule has 1 aliphatic heterocycles. The maximum absolute atomic E-state index is 13.2. The largest absolute Gasteiger partial charge is 0.369 e.